The van der Waals surface area contributed by atoms with Gasteiger partial charge in [0.05, 0.1) is 12.6 Å². The number of nitrogens with one attached hydrogen (secondary N) is 1. The van der Waals surface area contributed by atoms with Crippen molar-refractivity contribution < 1.29 is 9.53 Å². The zero-order valence-corrected chi connectivity index (χ0v) is 16.6. The number of carbonyl (C=O) groups excluding carboxylic acids is 1. The zero-order valence-electron chi connectivity index (χ0n) is 16.6. The van der Waals surface area contributed by atoms with Crippen LogP contribution in [0.5, 0.6) is 5.75 Å². The Morgan fingerprint density at radius 1 is 1.10 bits per heavy atom. The molecule has 1 N–H and O–H groups in total. The molecule has 5 heteroatoms. The van der Waals surface area contributed by atoms with E-state index in [1.807, 2.05) is 36.4 Å². The lowest BCUT2D eigenvalue weighted by atomic mass is 10.1. The average molecular weight is 387 g/mol. The van der Waals surface area contributed by atoms with Crippen molar-refractivity contribution in [2.75, 3.05) is 18.6 Å². The number of methoxy groups -OCH3 is 1. The molecule has 0 radical (unpaired) electrons. The predicted octanol–water partition coefficient (Wildman–Crippen LogP) is 4.61. The molecule has 2 aliphatic rings. The molecule has 0 spiro atoms. The van der Waals surface area contributed by atoms with Gasteiger partial charge >= 0.3 is 0 Å². The molecular formula is C24H25N3O2. The lowest BCUT2D eigenvalue weighted by Crippen LogP contribution is -2.32. The SMILES string of the molecule is COc1ccc2cc3c(nc2c1)N(c1ccc(C(=O)NC2CCCC2)cc1)CC3. The van der Waals surface area contributed by atoms with Gasteiger partial charge in [0, 0.05) is 35.3 Å². The van der Waals surface area contributed by atoms with E-state index in [0.717, 1.165) is 59.5 Å². The Bertz CT molecular complexity index is 1060. The van der Waals surface area contributed by atoms with E-state index in [-0.39, 0.29) is 5.91 Å². The highest BCUT2D eigenvalue weighted by Crippen LogP contribution is 2.35. The lowest BCUT2D eigenvalue weighted by Gasteiger charge is -2.19. The van der Waals surface area contributed by atoms with Crippen LogP contribution >= 0.6 is 0 Å². The van der Waals surface area contributed by atoms with Crippen LogP contribution in [0.4, 0.5) is 11.5 Å². The molecule has 5 nitrogen and oxygen atoms in total. The molecule has 2 heterocycles. The van der Waals surface area contributed by atoms with Crippen molar-refractivity contribution in [3.05, 3.63) is 59.7 Å². The van der Waals surface area contributed by atoms with Crippen molar-refractivity contribution in [3.63, 3.8) is 0 Å². The highest BCUT2D eigenvalue weighted by atomic mass is 16.5. The maximum absolute atomic E-state index is 12.5. The smallest absolute Gasteiger partial charge is 0.251 e. The van der Waals surface area contributed by atoms with Crippen LogP contribution < -0.4 is 15.0 Å². The molecule has 29 heavy (non-hydrogen) atoms. The predicted molar refractivity (Wildman–Crippen MR) is 115 cm³/mol. The molecular weight excluding hydrogens is 362 g/mol. The fourth-order valence-electron chi connectivity index (χ4n) is 4.45. The first kappa shape index (κ1) is 18.0. The van der Waals surface area contributed by atoms with Gasteiger partial charge in [-0.3, -0.25) is 4.79 Å². The summed E-state index contributed by atoms with van der Waals surface area (Å²) in [7, 11) is 1.67. The van der Waals surface area contributed by atoms with Crippen molar-refractivity contribution in [3.8, 4) is 5.75 Å². The van der Waals surface area contributed by atoms with Crippen LogP contribution in [0.25, 0.3) is 10.9 Å². The molecule has 1 aromatic heterocycles. The lowest BCUT2D eigenvalue weighted by molar-refractivity contribution is 0.0938. The normalized spacial score (nSPS) is 16.2. The van der Waals surface area contributed by atoms with Gasteiger partial charge in [-0.25, -0.2) is 4.98 Å². The minimum Gasteiger partial charge on any atom is -0.497 e. The quantitative estimate of drug-likeness (QED) is 0.710. The van der Waals surface area contributed by atoms with Crippen molar-refractivity contribution in [2.24, 2.45) is 0 Å². The molecule has 1 saturated carbocycles. The Balaban J connectivity index is 1.39. The van der Waals surface area contributed by atoms with E-state index < -0.39 is 0 Å². The monoisotopic (exact) mass is 387 g/mol. The van der Waals surface area contributed by atoms with Gasteiger partial charge in [-0.05, 0) is 67.3 Å². The number of nitrogens with zero attached hydrogens (tertiary/aromatic N) is 2. The molecule has 1 aliphatic carbocycles. The van der Waals surface area contributed by atoms with E-state index in [1.165, 1.54) is 18.4 Å². The molecule has 0 saturated heterocycles. The molecule has 3 aromatic rings. The molecule has 0 bridgehead atoms. The second-order valence-electron chi connectivity index (χ2n) is 7.93. The molecule has 148 valence electrons. The highest BCUT2D eigenvalue weighted by Gasteiger charge is 2.23. The minimum atomic E-state index is 0.0292. The molecule has 1 fully saturated rings. The topological polar surface area (TPSA) is 54.5 Å². The van der Waals surface area contributed by atoms with Gasteiger partial charge in [-0.15, -0.1) is 0 Å². The van der Waals surface area contributed by atoms with Crippen LogP contribution in [0.1, 0.15) is 41.6 Å². The summed E-state index contributed by atoms with van der Waals surface area (Å²) in [5, 5.41) is 4.28. The standard InChI is InChI=1S/C24H25N3O2/c1-29-21-11-8-17-14-18-12-13-27(23(18)26-22(17)15-21)20-9-6-16(7-10-20)24(28)25-19-4-2-3-5-19/h6-11,14-15,19H,2-5,12-13H2,1H3,(H,25,28). The third-order valence-electron chi connectivity index (χ3n) is 6.07. The number of hydrogen-bond donors (Lipinski definition) is 1. The van der Waals surface area contributed by atoms with Gasteiger partial charge in [0.1, 0.15) is 11.6 Å². The Morgan fingerprint density at radius 3 is 2.66 bits per heavy atom. The van der Waals surface area contributed by atoms with Crippen LogP contribution in [0.15, 0.2) is 48.5 Å². The molecule has 1 amide bonds. The van der Waals surface area contributed by atoms with Crippen molar-refractivity contribution >= 4 is 28.3 Å². The van der Waals surface area contributed by atoms with Gasteiger partial charge < -0.3 is 15.0 Å². The highest BCUT2D eigenvalue weighted by molar-refractivity contribution is 5.95. The number of amides is 1. The molecule has 1 aliphatic heterocycles. The third-order valence-corrected chi connectivity index (χ3v) is 6.07. The first-order valence-electron chi connectivity index (χ1n) is 10.4. The molecule has 0 atom stereocenters. The van der Waals surface area contributed by atoms with Crippen LogP contribution in [-0.2, 0) is 6.42 Å². The Kier molecular flexibility index (Phi) is 4.58. The zero-order chi connectivity index (χ0) is 19.8. The van der Waals surface area contributed by atoms with Crippen LogP contribution in [0.2, 0.25) is 0 Å². The number of fused-ring (bicyclic) bond motifs is 2. The molecule has 0 unspecified atom stereocenters. The summed E-state index contributed by atoms with van der Waals surface area (Å²) < 4.78 is 5.34. The Labute approximate surface area is 170 Å². The van der Waals surface area contributed by atoms with Crippen LogP contribution in [0.3, 0.4) is 0 Å². The van der Waals surface area contributed by atoms with E-state index in [4.69, 9.17) is 9.72 Å². The number of ether oxygens (including phenoxy) is 1. The summed E-state index contributed by atoms with van der Waals surface area (Å²) in [5.74, 6) is 1.84. The first-order valence-corrected chi connectivity index (χ1v) is 10.4. The maximum atomic E-state index is 12.5. The summed E-state index contributed by atoms with van der Waals surface area (Å²) >= 11 is 0. The van der Waals surface area contributed by atoms with Crippen molar-refractivity contribution in [1.29, 1.82) is 0 Å². The second-order valence-corrected chi connectivity index (χ2v) is 7.93. The number of rotatable bonds is 4. The number of hydrogen-bond acceptors (Lipinski definition) is 4. The number of benzene rings is 2. The fraction of sp³-hybridized carbons (Fsp3) is 0.333. The fourth-order valence-corrected chi connectivity index (χ4v) is 4.45. The van der Waals surface area contributed by atoms with Crippen LogP contribution in [-0.4, -0.2) is 30.6 Å². The third kappa shape index (κ3) is 3.41. The number of pyridine rings is 1. The van der Waals surface area contributed by atoms with Gasteiger partial charge in [0.15, 0.2) is 0 Å². The maximum Gasteiger partial charge on any atom is 0.251 e. The van der Waals surface area contributed by atoms with Gasteiger partial charge in [-0.2, -0.15) is 0 Å². The van der Waals surface area contributed by atoms with Crippen molar-refractivity contribution in [1.82, 2.24) is 10.3 Å². The summed E-state index contributed by atoms with van der Waals surface area (Å²) in [6, 6.07) is 16.4. The second kappa shape index (κ2) is 7.39. The Hall–Kier alpha value is -3.08. The van der Waals surface area contributed by atoms with E-state index in [2.05, 4.69) is 22.3 Å². The molecule has 2 aromatic carbocycles. The minimum absolute atomic E-state index is 0.0292. The van der Waals surface area contributed by atoms with E-state index in [1.54, 1.807) is 7.11 Å². The van der Waals surface area contributed by atoms with Crippen molar-refractivity contribution in [2.45, 2.75) is 38.1 Å². The number of anilines is 2. The Morgan fingerprint density at radius 2 is 1.90 bits per heavy atom. The summed E-state index contributed by atoms with van der Waals surface area (Å²) in [6.45, 7) is 0.892. The van der Waals surface area contributed by atoms with E-state index in [9.17, 15) is 4.79 Å². The van der Waals surface area contributed by atoms with Gasteiger partial charge in [-0.1, -0.05) is 12.8 Å². The number of carbonyl (C=O) groups is 1. The summed E-state index contributed by atoms with van der Waals surface area (Å²) in [4.78, 5) is 19.6. The average Bonchev–Trinajstić information content (AvgIpc) is 3.41. The van der Waals surface area contributed by atoms with Gasteiger partial charge in [0.2, 0.25) is 0 Å². The summed E-state index contributed by atoms with van der Waals surface area (Å²) in [5.41, 5.74) is 3.97. The molecule has 5 rings (SSSR count). The summed E-state index contributed by atoms with van der Waals surface area (Å²) in [6.07, 6.45) is 5.59. The van der Waals surface area contributed by atoms with E-state index in [0.29, 0.717) is 6.04 Å². The van der Waals surface area contributed by atoms with Gasteiger partial charge in [0.25, 0.3) is 5.91 Å². The largest absolute Gasteiger partial charge is 0.497 e. The first-order chi connectivity index (χ1) is 14.2. The number of aromatic nitrogens is 1. The van der Waals surface area contributed by atoms with Crippen LogP contribution in [0, 0.1) is 0 Å². The van der Waals surface area contributed by atoms with E-state index >= 15 is 0 Å².